The molecule has 0 saturated heterocycles. The van der Waals surface area contributed by atoms with Crippen molar-refractivity contribution in [3.8, 4) is 0 Å². The van der Waals surface area contributed by atoms with Gasteiger partial charge in [-0.05, 0) is 31.0 Å². The fourth-order valence-electron chi connectivity index (χ4n) is 1.76. The highest BCUT2D eigenvalue weighted by atomic mass is 16.1. The molecule has 1 rings (SSSR count). The first-order chi connectivity index (χ1) is 8.41. The van der Waals surface area contributed by atoms with Gasteiger partial charge in [-0.2, -0.15) is 0 Å². The van der Waals surface area contributed by atoms with E-state index < -0.39 is 5.91 Å². The summed E-state index contributed by atoms with van der Waals surface area (Å²) in [5, 5.41) is 0. The highest BCUT2D eigenvalue weighted by Crippen LogP contribution is 2.22. The molecule has 0 aliphatic heterocycles. The molecule has 100 valence electrons. The third-order valence-corrected chi connectivity index (χ3v) is 2.90. The second kappa shape index (κ2) is 5.82. The summed E-state index contributed by atoms with van der Waals surface area (Å²) in [4.78, 5) is 17.7. The Balaban J connectivity index is 3.06. The molecule has 0 radical (unpaired) electrons. The number of amides is 1. The molecule has 0 saturated carbocycles. The predicted octanol–water partition coefficient (Wildman–Crippen LogP) is 0.992. The van der Waals surface area contributed by atoms with Crippen molar-refractivity contribution in [1.29, 1.82) is 0 Å². The van der Waals surface area contributed by atoms with Crippen molar-refractivity contribution in [2.75, 3.05) is 24.5 Å². The first kappa shape index (κ1) is 14.4. The van der Waals surface area contributed by atoms with Gasteiger partial charge in [0, 0.05) is 19.3 Å². The number of primary amides is 1. The van der Waals surface area contributed by atoms with E-state index in [0.29, 0.717) is 17.9 Å². The molecule has 4 N–H and O–H groups in total. The maximum Gasteiger partial charge on any atom is 0.252 e. The standard InChI is InChI=1S/C13H22N4O/c1-4-17(9-13(2,3)8-14)12-10(11(15)18)6-5-7-16-12/h5-7H,4,8-9,14H2,1-3H3,(H2,15,18). The number of carbonyl (C=O) groups is 1. The van der Waals surface area contributed by atoms with E-state index in [9.17, 15) is 4.79 Å². The molecule has 1 heterocycles. The van der Waals surface area contributed by atoms with Crippen LogP contribution in [0.5, 0.6) is 0 Å². The molecule has 0 aromatic carbocycles. The van der Waals surface area contributed by atoms with Gasteiger partial charge in [-0.3, -0.25) is 4.79 Å². The van der Waals surface area contributed by atoms with Crippen LogP contribution in [0.4, 0.5) is 5.82 Å². The lowest BCUT2D eigenvalue weighted by Gasteiger charge is -2.32. The fourth-order valence-corrected chi connectivity index (χ4v) is 1.76. The van der Waals surface area contributed by atoms with Crippen molar-refractivity contribution in [1.82, 2.24) is 4.98 Å². The molecule has 0 fully saturated rings. The molecule has 5 heteroatoms. The summed E-state index contributed by atoms with van der Waals surface area (Å²) in [6, 6.07) is 3.41. The summed E-state index contributed by atoms with van der Waals surface area (Å²) in [5.41, 5.74) is 11.5. The number of hydrogen-bond acceptors (Lipinski definition) is 4. The number of carbonyl (C=O) groups excluding carboxylic acids is 1. The number of aromatic nitrogens is 1. The summed E-state index contributed by atoms with van der Waals surface area (Å²) >= 11 is 0. The second-order valence-corrected chi connectivity index (χ2v) is 5.12. The van der Waals surface area contributed by atoms with Gasteiger partial charge in [0.25, 0.3) is 5.91 Å². The maximum atomic E-state index is 11.4. The van der Waals surface area contributed by atoms with Gasteiger partial charge < -0.3 is 16.4 Å². The van der Waals surface area contributed by atoms with E-state index in [-0.39, 0.29) is 5.41 Å². The minimum atomic E-state index is -0.456. The van der Waals surface area contributed by atoms with Crippen LogP contribution in [-0.4, -0.2) is 30.5 Å². The molecule has 0 atom stereocenters. The lowest BCUT2D eigenvalue weighted by Crippen LogP contribution is -2.40. The molecule has 0 unspecified atom stereocenters. The van der Waals surface area contributed by atoms with Crippen molar-refractivity contribution < 1.29 is 4.79 Å². The van der Waals surface area contributed by atoms with Crippen LogP contribution in [-0.2, 0) is 0 Å². The Hall–Kier alpha value is -1.62. The number of hydrogen-bond donors (Lipinski definition) is 2. The number of anilines is 1. The third kappa shape index (κ3) is 3.43. The number of nitrogens with two attached hydrogens (primary N) is 2. The molecule has 0 bridgehead atoms. The summed E-state index contributed by atoms with van der Waals surface area (Å²) in [6.07, 6.45) is 1.67. The Kier molecular flexibility index (Phi) is 4.67. The van der Waals surface area contributed by atoms with E-state index in [2.05, 4.69) is 18.8 Å². The molecule has 0 spiro atoms. The molecule has 1 aromatic heterocycles. The summed E-state index contributed by atoms with van der Waals surface area (Å²) in [6.45, 7) is 8.25. The van der Waals surface area contributed by atoms with E-state index in [0.717, 1.165) is 13.1 Å². The summed E-state index contributed by atoms with van der Waals surface area (Å²) in [7, 11) is 0. The Bertz CT molecular complexity index is 417. The van der Waals surface area contributed by atoms with Gasteiger partial charge in [0.05, 0.1) is 5.56 Å². The maximum absolute atomic E-state index is 11.4. The van der Waals surface area contributed by atoms with Crippen LogP contribution in [0.3, 0.4) is 0 Å². The molecule has 1 aromatic rings. The fraction of sp³-hybridized carbons (Fsp3) is 0.538. The molecular formula is C13H22N4O. The number of nitrogens with zero attached hydrogens (tertiary/aromatic N) is 2. The largest absolute Gasteiger partial charge is 0.365 e. The van der Waals surface area contributed by atoms with E-state index >= 15 is 0 Å². The minimum absolute atomic E-state index is 0.0392. The zero-order valence-electron chi connectivity index (χ0n) is 11.3. The van der Waals surface area contributed by atoms with E-state index in [1.165, 1.54) is 0 Å². The van der Waals surface area contributed by atoms with Gasteiger partial charge in [0.1, 0.15) is 5.82 Å². The van der Waals surface area contributed by atoms with Gasteiger partial charge in [0.2, 0.25) is 0 Å². The Labute approximate surface area is 108 Å². The second-order valence-electron chi connectivity index (χ2n) is 5.12. The van der Waals surface area contributed by atoms with Crippen LogP contribution in [0.2, 0.25) is 0 Å². The molecule has 0 aliphatic rings. The van der Waals surface area contributed by atoms with Crippen LogP contribution in [0.25, 0.3) is 0 Å². The van der Waals surface area contributed by atoms with Crippen LogP contribution in [0.1, 0.15) is 31.1 Å². The first-order valence-corrected chi connectivity index (χ1v) is 6.11. The van der Waals surface area contributed by atoms with E-state index in [1.807, 2.05) is 11.8 Å². The Morgan fingerprint density at radius 1 is 1.50 bits per heavy atom. The summed E-state index contributed by atoms with van der Waals surface area (Å²) < 4.78 is 0. The highest BCUT2D eigenvalue weighted by molar-refractivity contribution is 5.97. The normalized spacial score (nSPS) is 11.3. The third-order valence-electron chi connectivity index (χ3n) is 2.90. The molecule has 1 amide bonds. The Morgan fingerprint density at radius 2 is 2.17 bits per heavy atom. The first-order valence-electron chi connectivity index (χ1n) is 6.11. The van der Waals surface area contributed by atoms with Crippen molar-refractivity contribution in [3.05, 3.63) is 23.9 Å². The van der Waals surface area contributed by atoms with Gasteiger partial charge in [-0.1, -0.05) is 13.8 Å². The average Bonchev–Trinajstić information content (AvgIpc) is 2.36. The van der Waals surface area contributed by atoms with Gasteiger partial charge in [-0.15, -0.1) is 0 Å². The quantitative estimate of drug-likeness (QED) is 0.788. The predicted molar refractivity (Wildman–Crippen MR) is 73.5 cm³/mol. The number of pyridine rings is 1. The van der Waals surface area contributed by atoms with Crippen LogP contribution in [0.15, 0.2) is 18.3 Å². The van der Waals surface area contributed by atoms with Crippen LogP contribution >= 0.6 is 0 Å². The average molecular weight is 250 g/mol. The Morgan fingerprint density at radius 3 is 2.67 bits per heavy atom. The molecule has 18 heavy (non-hydrogen) atoms. The number of rotatable bonds is 6. The van der Waals surface area contributed by atoms with Crippen LogP contribution in [0, 0.1) is 5.41 Å². The molecule has 0 aliphatic carbocycles. The molecular weight excluding hydrogens is 228 g/mol. The zero-order valence-corrected chi connectivity index (χ0v) is 11.3. The van der Waals surface area contributed by atoms with Crippen molar-refractivity contribution in [3.63, 3.8) is 0 Å². The highest BCUT2D eigenvalue weighted by Gasteiger charge is 2.22. The summed E-state index contributed by atoms with van der Waals surface area (Å²) in [5.74, 6) is 0.177. The van der Waals surface area contributed by atoms with E-state index in [4.69, 9.17) is 11.5 Å². The SMILES string of the molecule is CCN(CC(C)(C)CN)c1ncccc1C(N)=O. The zero-order chi connectivity index (χ0) is 13.8. The van der Waals surface area contributed by atoms with Crippen molar-refractivity contribution in [2.45, 2.75) is 20.8 Å². The van der Waals surface area contributed by atoms with Crippen LogP contribution < -0.4 is 16.4 Å². The van der Waals surface area contributed by atoms with Gasteiger partial charge >= 0.3 is 0 Å². The lowest BCUT2D eigenvalue weighted by atomic mass is 9.93. The molecule has 5 nitrogen and oxygen atoms in total. The van der Waals surface area contributed by atoms with Crippen molar-refractivity contribution >= 4 is 11.7 Å². The smallest absolute Gasteiger partial charge is 0.252 e. The topological polar surface area (TPSA) is 85.2 Å². The van der Waals surface area contributed by atoms with Gasteiger partial charge in [0.15, 0.2) is 0 Å². The van der Waals surface area contributed by atoms with Crippen molar-refractivity contribution in [2.24, 2.45) is 16.9 Å². The minimum Gasteiger partial charge on any atom is -0.365 e. The van der Waals surface area contributed by atoms with Gasteiger partial charge in [-0.25, -0.2) is 4.98 Å². The van der Waals surface area contributed by atoms with E-state index in [1.54, 1.807) is 18.3 Å². The monoisotopic (exact) mass is 250 g/mol. The lowest BCUT2D eigenvalue weighted by molar-refractivity contribution is 0.100.